The van der Waals surface area contributed by atoms with E-state index in [2.05, 4.69) is 5.32 Å². The number of rotatable bonds is 4. The molecule has 58 valence electrons. The molecule has 5 nitrogen and oxygen atoms in total. The lowest BCUT2D eigenvalue weighted by Crippen LogP contribution is -2.39. The predicted molar refractivity (Wildman–Crippen MR) is 34.3 cm³/mol. The summed E-state index contributed by atoms with van der Waals surface area (Å²) in [5.41, 5.74) is 5.18. The van der Waals surface area contributed by atoms with Crippen molar-refractivity contribution < 1.29 is 14.7 Å². The summed E-state index contributed by atoms with van der Waals surface area (Å²) >= 11 is 0. The van der Waals surface area contributed by atoms with Gasteiger partial charge in [-0.05, 0) is 6.92 Å². The molecule has 0 aromatic carbocycles. The van der Waals surface area contributed by atoms with Crippen molar-refractivity contribution in [1.82, 2.24) is 5.32 Å². The second kappa shape index (κ2) is 3.97. The normalized spacial score (nSPS) is 12.6. The highest BCUT2D eigenvalue weighted by Crippen LogP contribution is 1.71. The predicted octanol–water partition coefficient (Wildman–Crippen LogP) is -1.47. The third-order valence-electron chi connectivity index (χ3n) is 0.823. The van der Waals surface area contributed by atoms with Gasteiger partial charge >= 0.3 is 5.97 Å². The van der Waals surface area contributed by atoms with Gasteiger partial charge in [0.2, 0.25) is 0 Å². The second-order valence-corrected chi connectivity index (χ2v) is 1.90. The number of carbonyl (C=O) groups excluding carboxylic acids is 1. The molecule has 10 heavy (non-hydrogen) atoms. The lowest BCUT2D eigenvalue weighted by Gasteiger charge is -2.03. The van der Waals surface area contributed by atoms with Crippen molar-refractivity contribution in [2.75, 3.05) is 6.54 Å². The van der Waals surface area contributed by atoms with Crippen LogP contribution in [0.2, 0.25) is 0 Å². The molecular formula is C5H10N2O3. The van der Waals surface area contributed by atoms with Crippen molar-refractivity contribution in [3.05, 3.63) is 0 Å². The van der Waals surface area contributed by atoms with Gasteiger partial charge < -0.3 is 10.8 Å². The largest absolute Gasteiger partial charge is 0.475 e. The number of ketones is 1. The van der Waals surface area contributed by atoms with Gasteiger partial charge in [-0.2, -0.15) is 0 Å². The number of aliphatic carboxylic acids is 1. The summed E-state index contributed by atoms with van der Waals surface area (Å²) in [6.07, 6.45) is -0.358. The van der Waals surface area contributed by atoms with Crippen LogP contribution in [0.3, 0.4) is 0 Å². The lowest BCUT2D eigenvalue weighted by atomic mass is 10.4. The molecule has 0 radical (unpaired) electrons. The Bertz CT molecular complexity index is 144. The van der Waals surface area contributed by atoms with Crippen molar-refractivity contribution in [3.63, 3.8) is 0 Å². The average Bonchev–Trinajstić information content (AvgIpc) is 1.82. The molecule has 0 fully saturated rings. The fourth-order valence-electron chi connectivity index (χ4n) is 0.329. The maximum Gasteiger partial charge on any atom is 0.373 e. The van der Waals surface area contributed by atoms with Gasteiger partial charge in [-0.15, -0.1) is 0 Å². The highest BCUT2D eigenvalue weighted by molar-refractivity contribution is 6.33. The molecule has 4 N–H and O–H groups in total. The molecule has 0 rings (SSSR count). The van der Waals surface area contributed by atoms with Crippen LogP contribution >= 0.6 is 0 Å². The number of carboxylic acid groups (broad SMARTS) is 1. The minimum Gasteiger partial charge on any atom is -0.475 e. The van der Waals surface area contributed by atoms with Gasteiger partial charge in [0.25, 0.3) is 5.78 Å². The molecule has 0 saturated carbocycles. The van der Waals surface area contributed by atoms with E-state index in [-0.39, 0.29) is 12.7 Å². The first kappa shape index (κ1) is 9.06. The van der Waals surface area contributed by atoms with E-state index in [4.69, 9.17) is 10.8 Å². The van der Waals surface area contributed by atoms with Crippen molar-refractivity contribution in [2.45, 2.75) is 13.1 Å². The second-order valence-electron chi connectivity index (χ2n) is 1.90. The van der Waals surface area contributed by atoms with Gasteiger partial charge in [-0.25, -0.2) is 4.79 Å². The van der Waals surface area contributed by atoms with Crippen LogP contribution in [-0.4, -0.2) is 29.6 Å². The zero-order valence-corrected chi connectivity index (χ0v) is 5.63. The molecule has 1 atom stereocenters. The van der Waals surface area contributed by atoms with E-state index in [1.807, 2.05) is 0 Å². The smallest absolute Gasteiger partial charge is 0.373 e. The Morgan fingerprint density at radius 1 is 1.70 bits per heavy atom. The Kier molecular flexibility index (Phi) is 3.60. The summed E-state index contributed by atoms with van der Waals surface area (Å²) in [7, 11) is 0. The molecule has 0 bridgehead atoms. The molecule has 0 heterocycles. The number of carbonyl (C=O) groups is 2. The summed E-state index contributed by atoms with van der Waals surface area (Å²) < 4.78 is 0. The molecule has 0 aliphatic heterocycles. The number of Topliss-reactive ketones (excluding diaryl/α,β-unsaturated/α-hetero) is 1. The van der Waals surface area contributed by atoms with E-state index < -0.39 is 11.8 Å². The van der Waals surface area contributed by atoms with E-state index in [9.17, 15) is 9.59 Å². The first-order valence-corrected chi connectivity index (χ1v) is 2.79. The van der Waals surface area contributed by atoms with Crippen LogP contribution in [0.5, 0.6) is 0 Å². The summed E-state index contributed by atoms with van der Waals surface area (Å²) in [5, 5.41) is 10.5. The number of nitrogens with one attached hydrogen (secondary N) is 1. The zero-order valence-electron chi connectivity index (χ0n) is 5.63. The van der Waals surface area contributed by atoms with Gasteiger partial charge in [-0.3, -0.25) is 10.1 Å². The highest BCUT2D eigenvalue weighted by atomic mass is 16.4. The Labute approximate surface area is 58.2 Å². The Balaban J connectivity index is 3.50. The quantitative estimate of drug-likeness (QED) is 0.333. The molecule has 5 heteroatoms. The van der Waals surface area contributed by atoms with E-state index >= 15 is 0 Å². The minimum absolute atomic E-state index is 0.215. The maximum absolute atomic E-state index is 10.3. The number of nitrogens with two attached hydrogens (primary N) is 1. The Morgan fingerprint density at radius 2 is 2.20 bits per heavy atom. The van der Waals surface area contributed by atoms with Crippen molar-refractivity contribution in [3.8, 4) is 0 Å². The molecule has 1 unspecified atom stereocenters. The first-order valence-electron chi connectivity index (χ1n) is 2.79. The fraction of sp³-hybridized carbons (Fsp3) is 0.600. The summed E-state index contributed by atoms with van der Waals surface area (Å²) in [6.45, 7) is 1.40. The molecule has 0 aromatic heterocycles. The molecule has 0 spiro atoms. The summed E-state index contributed by atoms with van der Waals surface area (Å²) in [6, 6.07) is 0. The van der Waals surface area contributed by atoms with Crippen LogP contribution in [0.1, 0.15) is 6.92 Å². The van der Waals surface area contributed by atoms with Gasteiger partial charge in [-0.1, -0.05) is 0 Å². The van der Waals surface area contributed by atoms with Crippen molar-refractivity contribution >= 4 is 11.8 Å². The summed E-state index contributed by atoms with van der Waals surface area (Å²) in [4.78, 5) is 20.2. The standard InChI is InChI=1S/C5H10N2O3/c1-3(6)7-2-4(8)5(9)10/h3,7H,2,6H2,1H3,(H,9,10). The molecule has 0 aromatic rings. The first-order chi connectivity index (χ1) is 4.54. The van der Waals surface area contributed by atoms with Gasteiger partial charge in [0.15, 0.2) is 0 Å². The highest BCUT2D eigenvalue weighted by Gasteiger charge is 2.10. The average molecular weight is 146 g/mol. The molecule has 0 amide bonds. The third-order valence-corrected chi connectivity index (χ3v) is 0.823. The minimum atomic E-state index is -1.44. The topological polar surface area (TPSA) is 92.4 Å². The fourth-order valence-corrected chi connectivity index (χ4v) is 0.329. The summed E-state index contributed by atoms with van der Waals surface area (Å²) in [5.74, 6) is -2.31. The monoisotopic (exact) mass is 146 g/mol. The van der Waals surface area contributed by atoms with Gasteiger partial charge in [0.05, 0.1) is 12.7 Å². The SMILES string of the molecule is CC(N)NCC(=O)C(=O)O. The van der Waals surface area contributed by atoms with E-state index in [0.29, 0.717) is 0 Å². The molecule has 0 aliphatic carbocycles. The van der Waals surface area contributed by atoms with Crippen molar-refractivity contribution in [1.29, 1.82) is 0 Å². The van der Waals surface area contributed by atoms with Crippen LogP contribution in [0.4, 0.5) is 0 Å². The van der Waals surface area contributed by atoms with Crippen LogP contribution in [0, 0.1) is 0 Å². The maximum atomic E-state index is 10.3. The molecule has 0 aliphatic rings. The van der Waals surface area contributed by atoms with E-state index in [1.54, 1.807) is 6.92 Å². The van der Waals surface area contributed by atoms with Gasteiger partial charge in [0.1, 0.15) is 0 Å². The van der Waals surface area contributed by atoms with Crippen LogP contribution in [0.15, 0.2) is 0 Å². The van der Waals surface area contributed by atoms with E-state index in [1.165, 1.54) is 0 Å². The zero-order chi connectivity index (χ0) is 8.15. The Morgan fingerprint density at radius 3 is 2.50 bits per heavy atom. The number of hydrogen-bond donors (Lipinski definition) is 3. The molecule has 0 saturated heterocycles. The number of carboxylic acids is 1. The number of hydrogen-bond acceptors (Lipinski definition) is 4. The van der Waals surface area contributed by atoms with E-state index in [0.717, 1.165) is 0 Å². The lowest BCUT2D eigenvalue weighted by molar-refractivity contribution is -0.148. The van der Waals surface area contributed by atoms with Gasteiger partial charge in [0, 0.05) is 0 Å². The Hall–Kier alpha value is -0.940. The third kappa shape index (κ3) is 3.99. The molecular weight excluding hydrogens is 136 g/mol. The van der Waals surface area contributed by atoms with Crippen LogP contribution < -0.4 is 11.1 Å². The van der Waals surface area contributed by atoms with Crippen LogP contribution in [0.25, 0.3) is 0 Å². The van der Waals surface area contributed by atoms with Crippen molar-refractivity contribution in [2.24, 2.45) is 5.73 Å². The van der Waals surface area contributed by atoms with Crippen LogP contribution in [-0.2, 0) is 9.59 Å².